The maximum absolute atomic E-state index is 12.7. The van der Waals surface area contributed by atoms with Crippen molar-refractivity contribution in [2.75, 3.05) is 47.5 Å². The summed E-state index contributed by atoms with van der Waals surface area (Å²) in [5.41, 5.74) is 0. The van der Waals surface area contributed by atoms with Crippen molar-refractivity contribution in [3.8, 4) is 0 Å². The van der Waals surface area contributed by atoms with Crippen LogP contribution in [0.25, 0.3) is 0 Å². The van der Waals surface area contributed by atoms with Crippen LogP contribution in [0, 0.1) is 0 Å². The Morgan fingerprint density at radius 3 is 1.44 bits per heavy atom. The predicted molar refractivity (Wildman–Crippen MR) is 223 cm³/mol. The summed E-state index contributed by atoms with van der Waals surface area (Å²) in [7, 11) is 5.90. The minimum atomic E-state index is -1.62. The van der Waals surface area contributed by atoms with Crippen LogP contribution in [0.2, 0.25) is 0 Å². The molecule has 55 heavy (non-hydrogen) atoms. The van der Waals surface area contributed by atoms with Gasteiger partial charge in [0.05, 0.1) is 40.3 Å². The molecule has 0 aliphatic heterocycles. The highest BCUT2D eigenvalue weighted by Gasteiger charge is 2.21. The lowest BCUT2D eigenvalue weighted by Gasteiger charge is -2.26. The van der Waals surface area contributed by atoms with E-state index in [1.807, 2.05) is 21.1 Å². The number of hydrogen-bond acceptors (Lipinski definition) is 8. The number of unbranched alkanes of at least 4 members (excludes halogenated alkanes) is 22. The first-order valence-electron chi connectivity index (χ1n) is 22.5. The minimum Gasteiger partial charge on any atom is -0.545 e. The quantitative estimate of drug-likeness (QED) is 0.0198. The summed E-state index contributed by atoms with van der Waals surface area (Å²) in [6, 6.07) is 0. The molecule has 2 unspecified atom stereocenters. The van der Waals surface area contributed by atoms with Crippen LogP contribution in [0.15, 0.2) is 24.3 Å². The van der Waals surface area contributed by atoms with E-state index in [0.29, 0.717) is 23.9 Å². The van der Waals surface area contributed by atoms with Crippen molar-refractivity contribution in [2.24, 2.45) is 0 Å². The van der Waals surface area contributed by atoms with Gasteiger partial charge in [-0.25, -0.2) is 0 Å². The monoisotopic (exact) mass is 780 g/mol. The van der Waals surface area contributed by atoms with Gasteiger partial charge in [-0.1, -0.05) is 160 Å². The fourth-order valence-corrected chi connectivity index (χ4v) is 6.15. The van der Waals surface area contributed by atoms with E-state index in [1.54, 1.807) is 0 Å². The summed E-state index contributed by atoms with van der Waals surface area (Å²) in [6.07, 6.45) is 38.0. The molecule has 0 spiro atoms. The number of hydrogen-bond donors (Lipinski definition) is 0. The summed E-state index contributed by atoms with van der Waals surface area (Å²) < 4.78 is 22.4. The molecular formula is C46H85NO8. The number of carbonyl (C=O) groups excluding carboxylic acids is 3. The lowest BCUT2D eigenvalue weighted by Crippen LogP contribution is -2.44. The normalized spacial score (nSPS) is 13.1. The fraction of sp³-hybridized carbons (Fsp3) is 0.848. The Kier molecular flexibility index (Phi) is 37.1. The van der Waals surface area contributed by atoms with E-state index in [4.69, 9.17) is 18.9 Å². The van der Waals surface area contributed by atoms with Gasteiger partial charge >= 0.3 is 11.9 Å². The molecule has 322 valence electrons. The third kappa shape index (κ3) is 39.8. The van der Waals surface area contributed by atoms with Gasteiger partial charge in [0.1, 0.15) is 13.2 Å². The van der Waals surface area contributed by atoms with Crippen molar-refractivity contribution < 1.29 is 42.9 Å². The molecule has 0 saturated carbocycles. The standard InChI is InChI=1S/C46H85NO8/c1-6-8-10-12-14-15-16-17-18-19-20-21-22-23-24-25-26-27-28-29-31-33-35-37-44(49)55-42(40-53-43(48)36-34-32-30-13-11-9-7-2)41-54-46(45(50)51)52-39-38-47(3,4)5/h16-17,19-20,42,46H,6-15,18,21-41H2,1-5H3/b17-16-,20-19-. The largest absolute Gasteiger partial charge is 0.545 e. The predicted octanol–water partition coefficient (Wildman–Crippen LogP) is 10.3. The first kappa shape index (κ1) is 52.8. The topological polar surface area (TPSA) is 111 Å². The van der Waals surface area contributed by atoms with Gasteiger partial charge in [-0.3, -0.25) is 9.59 Å². The molecule has 2 atom stereocenters. The number of ether oxygens (including phenoxy) is 4. The number of likely N-dealkylation sites (N-methyl/N-ethyl adjacent to an activating group) is 1. The van der Waals surface area contributed by atoms with E-state index < -0.39 is 24.3 Å². The van der Waals surface area contributed by atoms with Gasteiger partial charge in [-0.15, -0.1) is 0 Å². The second kappa shape index (κ2) is 38.6. The van der Waals surface area contributed by atoms with Crippen molar-refractivity contribution in [1.82, 2.24) is 0 Å². The van der Waals surface area contributed by atoms with Gasteiger partial charge in [0.2, 0.25) is 0 Å². The Balaban J connectivity index is 4.23. The molecule has 0 radical (unpaired) electrons. The van der Waals surface area contributed by atoms with Gasteiger partial charge in [-0.05, 0) is 44.9 Å². The summed E-state index contributed by atoms with van der Waals surface area (Å²) in [5, 5.41) is 11.6. The zero-order chi connectivity index (χ0) is 40.7. The van der Waals surface area contributed by atoms with Gasteiger partial charge < -0.3 is 33.3 Å². The number of carboxylic acids is 1. The van der Waals surface area contributed by atoms with Crippen LogP contribution in [0.3, 0.4) is 0 Å². The molecule has 9 heteroatoms. The molecule has 0 heterocycles. The van der Waals surface area contributed by atoms with Gasteiger partial charge in [0, 0.05) is 12.8 Å². The Morgan fingerprint density at radius 1 is 0.545 bits per heavy atom. The molecular weight excluding hydrogens is 695 g/mol. The zero-order valence-corrected chi connectivity index (χ0v) is 36.3. The number of rotatable bonds is 41. The lowest BCUT2D eigenvalue weighted by atomic mass is 10.0. The van der Waals surface area contributed by atoms with Gasteiger partial charge in [-0.2, -0.15) is 0 Å². The Hall–Kier alpha value is -2.23. The van der Waals surface area contributed by atoms with Crippen LogP contribution in [-0.2, 0) is 33.3 Å². The van der Waals surface area contributed by atoms with Crippen LogP contribution in [0.4, 0.5) is 0 Å². The summed E-state index contributed by atoms with van der Waals surface area (Å²) in [4.78, 5) is 36.7. The van der Waals surface area contributed by atoms with E-state index in [-0.39, 0.29) is 32.2 Å². The van der Waals surface area contributed by atoms with Gasteiger partial charge in [0.15, 0.2) is 12.4 Å². The Labute approximate surface area is 337 Å². The lowest BCUT2D eigenvalue weighted by molar-refractivity contribution is -0.870. The highest BCUT2D eigenvalue weighted by Crippen LogP contribution is 2.14. The van der Waals surface area contributed by atoms with Crippen LogP contribution < -0.4 is 5.11 Å². The van der Waals surface area contributed by atoms with E-state index >= 15 is 0 Å². The number of quaternary nitrogens is 1. The molecule has 0 saturated heterocycles. The maximum atomic E-state index is 12.7. The summed E-state index contributed by atoms with van der Waals surface area (Å²) >= 11 is 0. The highest BCUT2D eigenvalue weighted by atomic mass is 16.7. The second-order valence-electron chi connectivity index (χ2n) is 16.3. The average molecular weight is 780 g/mol. The molecule has 0 aromatic rings. The molecule has 0 aromatic heterocycles. The highest BCUT2D eigenvalue weighted by molar-refractivity contribution is 5.70. The third-order valence-corrected chi connectivity index (χ3v) is 9.70. The smallest absolute Gasteiger partial charge is 0.306 e. The third-order valence-electron chi connectivity index (χ3n) is 9.70. The zero-order valence-electron chi connectivity index (χ0n) is 36.3. The van der Waals surface area contributed by atoms with Crippen LogP contribution in [-0.4, -0.2) is 82.3 Å². The maximum Gasteiger partial charge on any atom is 0.306 e. The second-order valence-corrected chi connectivity index (χ2v) is 16.3. The number of aliphatic carboxylic acids is 1. The van der Waals surface area contributed by atoms with Gasteiger partial charge in [0.25, 0.3) is 0 Å². The SMILES string of the molecule is CCCCCCC/C=C\C/C=C\CCCCCCCCCCCCCC(=O)OC(COC(=O)CCCCCCCCC)COC(OCC[N+](C)(C)C)C(=O)[O-]. The Bertz CT molecular complexity index is 960. The van der Waals surface area contributed by atoms with Crippen molar-refractivity contribution in [3.63, 3.8) is 0 Å². The molecule has 0 bridgehead atoms. The van der Waals surface area contributed by atoms with Crippen LogP contribution >= 0.6 is 0 Å². The number of carboxylic acid groups (broad SMARTS) is 1. The number of esters is 2. The number of carbonyl (C=O) groups is 3. The van der Waals surface area contributed by atoms with E-state index in [2.05, 4.69) is 38.2 Å². The van der Waals surface area contributed by atoms with E-state index in [1.165, 1.54) is 116 Å². The number of allylic oxidation sites excluding steroid dienone is 4. The number of nitrogens with zero attached hydrogens (tertiary/aromatic N) is 1. The molecule has 0 rings (SSSR count). The van der Waals surface area contributed by atoms with Crippen LogP contribution in [0.1, 0.15) is 194 Å². The van der Waals surface area contributed by atoms with Crippen molar-refractivity contribution in [1.29, 1.82) is 0 Å². The first-order chi connectivity index (χ1) is 26.6. The first-order valence-corrected chi connectivity index (χ1v) is 22.5. The molecule has 9 nitrogen and oxygen atoms in total. The van der Waals surface area contributed by atoms with Crippen LogP contribution in [0.5, 0.6) is 0 Å². The molecule has 0 aliphatic carbocycles. The van der Waals surface area contributed by atoms with Crippen molar-refractivity contribution in [2.45, 2.75) is 206 Å². The molecule has 0 aromatic carbocycles. The Morgan fingerprint density at radius 2 is 0.982 bits per heavy atom. The molecule has 0 N–H and O–H groups in total. The molecule has 0 amide bonds. The summed E-state index contributed by atoms with van der Waals surface area (Å²) in [6.45, 7) is 4.68. The van der Waals surface area contributed by atoms with Crippen molar-refractivity contribution in [3.05, 3.63) is 24.3 Å². The van der Waals surface area contributed by atoms with E-state index in [0.717, 1.165) is 44.9 Å². The molecule has 0 aliphatic rings. The fourth-order valence-electron chi connectivity index (χ4n) is 6.15. The van der Waals surface area contributed by atoms with Crippen molar-refractivity contribution >= 4 is 17.9 Å². The van der Waals surface area contributed by atoms with E-state index in [9.17, 15) is 19.5 Å². The average Bonchev–Trinajstić information content (AvgIpc) is 3.14. The summed E-state index contributed by atoms with van der Waals surface area (Å²) in [5.74, 6) is -2.29. The molecule has 0 fully saturated rings. The minimum absolute atomic E-state index is 0.149.